The number of ether oxygens (including phenoxy) is 1. The highest BCUT2D eigenvalue weighted by Gasteiger charge is 2.38. The maximum Gasteiger partial charge on any atom is 0.423 e. The van der Waals surface area contributed by atoms with Crippen LogP contribution in [0.3, 0.4) is 0 Å². The summed E-state index contributed by atoms with van der Waals surface area (Å²) in [6, 6.07) is -0.613. The fourth-order valence-corrected chi connectivity index (χ4v) is 2.00. The predicted octanol–water partition coefficient (Wildman–Crippen LogP) is -0.838. The van der Waals surface area contributed by atoms with Crippen LogP contribution in [0.5, 0.6) is 0 Å². The van der Waals surface area contributed by atoms with E-state index in [1.807, 2.05) is 0 Å². The minimum absolute atomic E-state index is 0.0501. The molecular weight excluding hydrogens is 283 g/mol. The zero-order valence-corrected chi connectivity index (χ0v) is 10.1. The zero-order valence-electron chi connectivity index (χ0n) is 10.1. The molecule has 0 spiro atoms. The summed E-state index contributed by atoms with van der Waals surface area (Å²) in [5, 5.41) is 8.97. The van der Waals surface area contributed by atoms with Gasteiger partial charge in [-0.15, -0.1) is 0 Å². The smallest absolute Gasteiger partial charge is 0.394 e. The van der Waals surface area contributed by atoms with Gasteiger partial charge < -0.3 is 15.6 Å². The second kappa shape index (κ2) is 5.04. The van der Waals surface area contributed by atoms with E-state index in [1.54, 1.807) is 4.98 Å². The van der Waals surface area contributed by atoms with Gasteiger partial charge in [0.25, 0.3) is 5.56 Å². The molecule has 0 saturated carbocycles. The van der Waals surface area contributed by atoms with Crippen LogP contribution >= 0.6 is 0 Å². The molecule has 1 saturated heterocycles. The minimum atomic E-state index is -4.89. The maximum absolute atomic E-state index is 12.6. The molecule has 0 amide bonds. The Morgan fingerprint density at radius 1 is 1.50 bits per heavy atom. The van der Waals surface area contributed by atoms with Crippen molar-refractivity contribution in [3.05, 3.63) is 32.6 Å². The number of aliphatic hydroxyl groups is 1. The van der Waals surface area contributed by atoms with Crippen LogP contribution < -0.4 is 17.0 Å². The molecule has 4 N–H and O–H groups in total. The van der Waals surface area contributed by atoms with Crippen LogP contribution in [0, 0.1) is 0 Å². The number of rotatable bonds is 2. The summed E-state index contributed by atoms with van der Waals surface area (Å²) in [6.45, 7) is -0.415. The van der Waals surface area contributed by atoms with Crippen molar-refractivity contribution < 1.29 is 23.0 Å². The Morgan fingerprint density at radius 2 is 2.15 bits per heavy atom. The fourth-order valence-electron chi connectivity index (χ4n) is 2.00. The first-order valence-corrected chi connectivity index (χ1v) is 5.68. The number of aromatic nitrogens is 2. The van der Waals surface area contributed by atoms with E-state index < -0.39 is 48.0 Å². The number of nitrogens with two attached hydrogens (primary N) is 1. The van der Waals surface area contributed by atoms with Crippen LogP contribution in [0.15, 0.2) is 15.8 Å². The summed E-state index contributed by atoms with van der Waals surface area (Å²) < 4.78 is 43.7. The molecule has 3 atom stereocenters. The number of nitrogens with zero attached hydrogens (tertiary/aromatic N) is 1. The van der Waals surface area contributed by atoms with E-state index in [0.717, 1.165) is 0 Å². The van der Waals surface area contributed by atoms with E-state index in [1.165, 1.54) is 0 Å². The van der Waals surface area contributed by atoms with E-state index in [9.17, 15) is 22.8 Å². The average molecular weight is 295 g/mol. The first-order chi connectivity index (χ1) is 9.24. The predicted molar refractivity (Wildman–Crippen MR) is 59.9 cm³/mol. The van der Waals surface area contributed by atoms with Gasteiger partial charge in [0.1, 0.15) is 11.8 Å². The number of halogens is 3. The fraction of sp³-hybridized carbons (Fsp3) is 0.600. The number of hydrogen-bond donors (Lipinski definition) is 3. The third kappa shape index (κ3) is 2.62. The van der Waals surface area contributed by atoms with Gasteiger partial charge in [0.05, 0.1) is 12.7 Å². The van der Waals surface area contributed by atoms with Gasteiger partial charge in [0.15, 0.2) is 0 Å². The molecule has 20 heavy (non-hydrogen) atoms. The van der Waals surface area contributed by atoms with E-state index in [-0.39, 0.29) is 6.42 Å². The number of aromatic amines is 1. The molecule has 112 valence electrons. The first-order valence-electron chi connectivity index (χ1n) is 5.68. The van der Waals surface area contributed by atoms with Crippen molar-refractivity contribution in [2.24, 2.45) is 5.73 Å². The quantitative estimate of drug-likeness (QED) is 0.659. The zero-order chi connectivity index (χ0) is 15.1. The van der Waals surface area contributed by atoms with Gasteiger partial charge in [-0.3, -0.25) is 14.3 Å². The summed E-state index contributed by atoms with van der Waals surface area (Å²) >= 11 is 0. The third-order valence-corrected chi connectivity index (χ3v) is 3.05. The van der Waals surface area contributed by atoms with Gasteiger partial charge in [0, 0.05) is 18.7 Å². The second-order valence-corrected chi connectivity index (χ2v) is 4.42. The van der Waals surface area contributed by atoms with Crippen LogP contribution in [-0.4, -0.2) is 33.4 Å². The van der Waals surface area contributed by atoms with Crippen molar-refractivity contribution in [1.29, 1.82) is 0 Å². The number of hydrogen-bond acceptors (Lipinski definition) is 5. The highest BCUT2D eigenvalue weighted by atomic mass is 19.4. The molecular formula is C10H12F3N3O4. The van der Waals surface area contributed by atoms with Gasteiger partial charge in [0.2, 0.25) is 0 Å². The molecule has 1 aliphatic heterocycles. The van der Waals surface area contributed by atoms with Crippen LogP contribution in [0.4, 0.5) is 13.2 Å². The van der Waals surface area contributed by atoms with E-state index in [2.05, 4.69) is 0 Å². The van der Waals surface area contributed by atoms with Crippen LogP contribution in [-0.2, 0) is 10.9 Å². The van der Waals surface area contributed by atoms with E-state index >= 15 is 0 Å². The van der Waals surface area contributed by atoms with Gasteiger partial charge in [-0.2, -0.15) is 13.2 Å². The Morgan fingerprint density at radius 3 is 2.65 bits per heavy atom. The number of alkyl halides is 3. The molecule has 0 bridgehead atoms. The SMILES string of the molecule is NC1C[C@H](n2cc(C(F)(F)F)c(=O)[nH]c2=O)O[C@@H]1CO. The Hall–Kier alpha value is -1.65. The Bertz CT molecular complexity index is 609. The normalized spacial score (nSPS) is 26.9. The average Bonchev–Trinajstić information content (AvgIpc) is 2.68. The summed E-state index contributed by atoms with van der Waals surface area (Å²) in [5.41, 5.74) is 1.59. The number of aliphatic hydroxyl groups excluding tert-OH is 1. The van der Waals surface area contributed by atoms with Crippen molar-refractivity contribution in [3.8, 4) is 0 Å². The lowest BCUT2D eigenvalue weighted by molar-refractivity contribution is -0.139. The molecule has 0 radical (unpaired) electrons. The van der Waals surface area contributed by atoms with Gasteiger partial charge in [-0.05, 0) is 0 Å². The summed E-state index contributed by atoms with van der Waals surface area (Å²) in [5.74, 6) is 0. The summed E-state index contributed by atoms with van der Waals surface area (Å²) in [4.78, 5) is 24.3. The van der Waals surface area contributed by atoms with E-state index in [4.69, 9.17) is 15.6 Å². The largest absolute Gasteiger partial charge is 0.423 e. The van der Waals surface area contributed by atoms with Crippen molar-refractivity contribution in [2.75, 3.05) is 6.61 Å². The lowest BCUT2D eigenvalue weighted by Gasteiger charge is -2.16. The molecule has 2 heterocycles. The molecule has 1 aromatic rings. The topological polar surface area (TPSA) is 110 Å². The van der Waals surface area contributed by atoms with E-state index in [0.29, 0.717) is 10.8 Å². The van der Waals surface area contributed by atoms with Crippen LogP contribution in [0.25, 0.3) is 0 Å². The second-order valence-electron chi connectivity index (χ2n) is 4.42. The summed E-state index contributed by atoms with van der Waals surface area (Å²) in [7, 11) is 0. The first kappa shape index (κ1) is 14.8. The molecule has 7 nitrogen and oxygen atoms in total. The molecule has 10 heteroatoms. The molecule has 1 unspecified atom stereocenters. The third-order valence-electron chi connectivity index (χ3n) is 3.05. The lowest BCUT2D eigenvalue weighted by Crippen LogP contribution is -2.36. The van der Waals surface area contributed by atoms with Crippen LogP contribution in [0.2, 0.25) is 0 Å². The molecule has 1 aliphatic rings. The molecule has 0 aliphatic carbocycles. The number of nitrogens with one attached hydrogen (secondary N) is 1. The van der Waals surface area contributed by atoms with Crippen LogP contribution in [0.1, 0.15) is 18.2 Å². The number of H-pyrrole nitrogens is 1. The van der Waals surface area contributed by atoms with Gasteiger partial charge in [-0.25, -0.2) is 4.79 Å². The standard InChI is InChI=1S/C10H12F3N3O4/c11-10(12,13)4-2-16(9(19)15-8(4)18)7-1-5(14)6(3-17)20-7/h2,5-7,17H,1,3,14H2,(H,15,18,19)/t5?,6-,7-/m1/s1. The van der Waals surface area contributed by atoms with Crippen molar-refractivity contribution in [3.63, 3.8) is 0 Å². The molecule has 1 aromatic heterocycles. The highest BCUT2D eigenvalue weighted by Crippen LogP contribution is 2.29. The summed E-state index contributed by atoms with van der Waals surface area (Å²) in [6.07, 6.45) is -6.27. The Balaban J connectivity index is 2.43. The van der Waals surface area contributed by atoms with Gasteiger partial charge >= 0.3 is 11.9 Å². The molecule has 0 aromatic carbocycles. The maximum atomic E-state index is 12.6. The highest BCUT2D eigenvalue weighted by molar-refractivity contribution is 5.09. The lowest BCUT2D eigenvalue weighted by atomic mass is 10.1. The van der Waals surface area contributed by atoms with Gasteiger partial charge in [-0.1, -0.05) is 0 Å². The minimum Gasteiger partial charge on any atom is -0.394 e. The Kier molecular flexibility index (Phi) is 3.71. The molecule has 1 fully saturated rings. The Labute approximate surface area is 109 Å². The molecule has 2 rings (SSSR count). The monoisotopic (exact) mass is 295 g/mol. The van der Waals surface area contributed by atoms with Crippen molar-refractivity contribution in [1.82, 2.24) is 9.55 Å². The van der Waals surface area contributed by atoms with Crippen molar-refractivity contribution in [2.45, 2.75) is 31.0 Å². The van der Waals surface area contributed by atoms with Crippen molar-refractivity contribution >= 4 is 0 Å².